The van der Waals surface area contributed by atoms with Crippen LogP contribution in [0.5, 0.6) is 11.5 Å². The summed E-state index contributed by atoms with van der Waals surface area (Å²) in [6, 6.07) is 9.76. The lowest BCUT2D eigenvalue weighted by molar-refractivity contribution is -0.133. The Morgan fingerprint density at radius 2 is 1.82 bits per heavy atom. The number of nitrogens with zero attached hydrogens (tertiary/aromatic N) is 1. The van der Waals surface area contributed by atoms with Gasteiger partial charge in [0.15, 0.2) is 0 Å². The summed E-state index contributed by atoms with van der Waals surface area (Å²) in [5.74, 6) is 0.130. The summed E-state index contributed by atoms with van der Waals surface area (Å²) < 4.78 is 10.8. The van der Waals surface area contributed by atoms with Crippen LogP contribution in [0, 0.1) is 0 Å². The third kappa shape index (κ3) is 6.09. The second-order valence-electron chi connectivity index (χ2n) is 7.44. The second-order valence-corrected chi connectivity index (χ2v) is 8.28. The van der Waals surface area contributed by atoms with Crippen molar-refractivity contribution in [2.45, 2.75) is 18.9 Å². The molecule has 0 unspecified atom stereocenters. The minimum atomic E-state index is -0.511. The number of benzene rings is 2. The van der Waals surface area contributed by atoms with E-state index in [1.807, 2.05) is 12.1 Å². The molecule has 2 N–H and O–H groups in total. The molecule has 10 heteroatoms. The van der Waals surface area contributed by atoms with Gasteiger partial charge >= 0.3 is 0 Å². The number of hydrogen-bond acceptors (Lipinski definition) is 5. The molecule has 1 fully saturated rings. The van der Waals surface area contributed by atoms with Crippen molar-refractivity contribution in [1.29, 1.82) is 0 Å². The van der Waals surface area contributed by atoms with E-state index in [4.69, 9.17) is 32.7 Å². The molecule has 0 saturated carbocycles. The van der Waals surface area contributed by atoms with Gasteiger partial charge in [0.25, 0.3) is 5.91 Å². The number of ether oxygens (including phenoxy) is 2. The first kappa shape index (κ1) is 24.7. The molecule has 8 nitrogen and oxygen atoms in total. The van der Waals surface area contributed by atoms with E-state index >= 15 is 0 Å². The first-order valence-electron chi connectivity index (χ1n) is 10.4. The van der Waals surface area contributed by atoms with Gasteiger partial charge < -0.3 is 25.0 Å². The van der Waals surface area contributed by atoms with Gasteiger partial charge in [0.2, 0.25) is 11.8 Å². The Hall–Kier alpha value is -2.97. The van der Waals surface area contributed by atoms with E-state index in [1.54, 1.807) is 25.2 Å². The summed E-state index contributed by atoms with van der Waals surface area (Å²) in [5, 5.41) is 5.63. The molecule has 176 valence electrons. The van der Waals surface area contributed by atoms with Gasteiger partial charge in [-0.25, -0.2) is 0 Å². The SMILES string of the molecule is COc1ccc(OC)c([C@@H]2CCCN2C(=O)CNC(=O)CNC(=O)c2ccc(Cl)cc2Cl)c1. The lowest BCUT2D eigenvalue weighted by Gasteiger charge is -2.27. The second kappa shape index (κ2) is 11.2. The van der Waals surface area contributed by atoms with Crippen molar-refractivity contribution in [1.82, 2.24) is 15.5 Å². The van der Waals surface area contributed by atoms with Crippen molar-refractivity contribution >= 4 is 40.9 Å². The maximum Gasteiger partial charge on any atom is 0.253 e. The first-order chi connectivity index (χ1) is 15.8. The predicted octanol–water partition coefficient (Wildman–Crippen LogP) is 3.22. The maximum atomic E-state index is 12.8. The predicted molar refractivity (Wildman–Crippen MR) is 125 cm³/mol. The lowest BCUT2D eigenvalue weighted by atomic mass is 10.0. The van der Waals surface area contributed by atoms with E-state index in [9.17, 15) is 14.4 Å². The van der Waals surface area contributed by atoms with Crippen LogP contribution in [0.2, 0.25) is 10.0 Å². The first-order valence-corrected chi connectivity index (χ1v) is 11.1. The molecular formula is C23H25Cl2N3O5. The largest absolute Gasteiger partial charge is 0.497 e. The molecule has 33 heavy (non-hydrogen) atoms. The third-order valence-corrected chi connectivity index (χ3v) is 5.94. The van der Waals surface area contributed by atoms with Gasteiger partial charge in [-0.05, 0) is 49.2 Å². The Bertz CT molecular complexity index is 1050. The summed E-state index contributed by atoms with van der Waals surface area (Å²) in [6.45, 7) is 0.100. The molecule has 0 aliphatic carbocycles. The Labute approximate surface area is 202 Å². The van der Waals surface area contributed by atoms with E-state index in [2.05, 4.69) is 10.6 Å². The molecule has 1 atom stereocenters. The Morgan fingerprint density at radius 3 is 2.52 bits per heavy atom. The third-order valence-electron chi connectivity index (χ3n) is 5.39. The minimum Gasteiger partial charge on any atom is -0.497 e. The fourth-order valence-corrected chi connectivity index (χ4v) is 4.25. The highest BCUT2D eigenvalue weighted by Crippen LogP contribution is 2.38. The number of hydrogen-bond donors (Lipinski definition) is 2. The normalized spacial score (nSPS) is 15.2. The van der Waals surface area contributed by atoms with E-state index in [0.717, 1.165) is 18.4 Å². The van der Waals surface area contributed by atoms with E-state index in [0.29, 0.717) is 23.1 Å². The quantitative estimate of drug-likeness (QED) is 0.588. The zero-order valence-corrected chi connectivity index (χ0v) is 19.8. The van der Waals surface area contributed by atoms with E-state index in [-0.39, 0.29) is 35.6 Å². The van der Waals surface area contributed by atoms with Gasteiger partial charge in [0.05, 0.1) is 43.9 Å². The van der Waals surface area contributed by atoms with E-state index < -0.39 is 11.8 Å². The van der Waals surface area contributed by atoms with Gasteiger partial charge in [0.1, 0.15) is 11.5 Å². The van der Waals surface area contributed by atoms with Crippen LogP contribution < -0.4 is 20.1 Å². The highest BCUT2D eigenvalue weighted by molar-refractivity contribution is 6.36. The number of likely N-dealkylation sites (tertiary alicyclic amines) is 1. The molecule has 1 aliphatic heterocycles. The molecule has 3 amide bonds. The Morgan fingerprint density at radius 1 is 1.03 bits per heavy atom. The molecule has 1 saturated heterocycles. The van der Waals surface area contributed by atoms with Crippen molar-refractivity contribution in [3.8, 4) is 11.5 Å². The maximum absolute atomic E-state index is 12.8. The Balaban J connectivity index is 1.55. The number of amides is 3. The van der Waals surface area contributed by atoms with Gasteiger partial charge in [-0.2, -0.15) is 0 Å². The fraction of sp³-hybridized carbons (Fsp3) is 0.348. The summed E-state index contributed by atoms with van der Waals surface area (Å²) >= 11 is 11.8. The molecule has 0 bridgehead atoms. The van der Waals surface area contributed by atoms with Crippen LogP contribution in [-0.4, -0.2) is 56.5 Å². The highest BCUT2D eigenvalue weighted by atomic mass is 35.5. The summed E-state index contributed by atoms with van der Waals surface area (Å²) in [7, 11) is 3.16. The average molecular weight is 494 g/mol. The number of halogens is 2. The molecule has 1 aliphatic rings. The van der Waals surface area contributed by atoms with Crippen molar-refractivity contribution in [2.75, 3.05) is 33.9 Å². The zero-order valence-electron chi connectivity index (χ0n) is 18.3. The Kier molecular flexibility index (Phi) is 8.41. The zero-order chi connectivity index (χ0) is 24.0. The van der Waals surface area contributed by atoms with Crippen LogP contribution in [0.4, 0.5) is 0 Å². The standard InChI is InChI=1S/C23H25Cl2N3O5/c1-32-15-6-8-20(33-2)17(11-15)19-4-3-9-28(19)22(30)13-26-21(29)12-27-23(31)16-7-5-14(24)10-18(16)25/h5-8,10-11,19H,3-4,9,12-13H2,1-2H3,(H,26,29)(H,27,31)/t19-/m0/s1. The van der Waals surface area contributed by atoms with Crippen molar-refractivity contribution in [2.24, 2.45) is 0 Å². The number of rotatable bonds is 8. The fourth-order valence-electron chi connectivity index (χ4n) is 3.76. The number of methoxy groups -OCH3 is 2. The van der Waals surface area contributed by atoms with Crippen molar-refractivity contribution < 1.29 is 23.9 Å². The summed E-state index contributed by atoms with van der Waals surface area (Å²) in [6.07, 6.45) is 1.61. The molecule has 3 rings (SSSR count). The monoisotopic (exact) mass is 493 g/mol. The molecule has 2 aromatic carbocycles. The lowest BCUT2D eigenvalue weighted by Crippen LogP contribution is -2.43. The number of nitrogens with one attached hydrogen (secondary N) is 2. The molecule has 0 aromatic heterocycles. The minimum absolute atomic E-state index is 0.175. The molecule has 0 radical (unpaired) electrons. The van der Waals surface area contributed by atoms with Gasteiger partial charge in [-0.15, -0.1) is 0 Å². The molecule has 1 heterocycles. The summed E-state index contributed by atoms with van der Waals surface area (Å²) in [4.78, 5) is 39.0. The highest BCUT2D eigenvalue weighted by Gasteiger charge is 2.32. The van der Waals surface area contributed by atoms with E-state index in [1.165, 1.54) is 18.2 Å². The topological polar surface area (TPSA) is 97.0 Å². The van der Waals surface area contributed by atoms with Crippen LogP contribution >= 0.6 is 23.2 Å². The molecular weight excluding hydrogens is 469 g/mol. The van der Waals surface area contributed by atoms with Crippen LogP contribution in [0.15, 0.2) is 36.4 Å². The van der Waals surface area contributed by atoms with Crippen LogP contribution in [0.3, 0.4) is 0 Å². The van der Waals surface area contributed by atoms with Crippen LogP contribution in [-0.2, 0) is 9.59 Å². The van der Waals surface area contributed by atoms with Crippen LogP contribution in [0.25, 0.3) is 0 Å². The van der Waals surface area contributed by atoms with Crippen molar-refractivity contribution in [3.05, 3.63) is 57.6 Å². The summed E-state index contributed by atoms with van der Waals surface area (Å²) in [5.41, 5.74) is 1.07. The molecule has 0 spiro atoms. The average Bonchev–Trinajstić information content (AvgIpc) is 3.30. The van der Waals surface area contributed by atoms with Gasteiger partial charge in [-0.3, -0.25) is 14.4 Å². The molecule has 2 aromatic rings. The van der Waals surface area contributed by atoms with Crippen LogP contribution in [0.1, 0.15) is 34.8 Å². The smallest absolute Gasteiger partial charge is 0.253 e. The van der Waals surface area contributed by atoms with Gasteiger partial charge in [0, 0.05) is 17.1 Å². The van der Waals surface area contributed by atoms with Gasteiger partial charge in [-0.1, -0.05) is 23.2 Å². The number of carbonyl (C=O) groups is 3. The van der Waals surface area contributed by atoms with Crippen molar-refractivity contribution in [3.63, 3.8) is 0 Å². The number of carbonyl (C=O) groups excluding carboxylic acids is 3.